The minimum atomic E-state index is 0.146. The Balaban J connectivity index is 1.58. The van der Waals surface area contributed by atoms with Gasteiger partial charge >= 0.3 is 0 Å². The minimum Gasteiger partial charge on any atom is -0.441 e. The van der Waals surface area contributed by atoms with Gasteiger partial charge in [0.15, 0.2) is 11.7 Å². The zero-order chi connectivity index (χ0) is 15.4. The number of nitrogens with zero attached hydrogens (tertiary/aromatic N) is 2. The molecule has 2 heterocycles. The molecule has 0 bridgehead atoms. The lowest BCUT2D eigenvalue weighted by Crippen LogP contribution is -2.40. The van der Waals surface area contributed by atoms with Crippen LogP contribution in [-0.2, 0) is 11.2 Å². The number of benzene rings is 1. The quantitative estimate of drug-likeness (QED) is 0.919. The first-order chi connectivity index (χ1) is 10.8. The van der Waals surface area contributed by atoms with Crippen LogP contribution in [-0.4, -0.2) is 34.9 Å². The predicted molar refractivity (Wildman–Crippen MR) is 84.0 cm³/mol. The number of amides is 1. The van der Waals surface area contributed by atoms with Crippen molar-refractivity contribution in [2.45, 2.75) is 31.7 Å². The molecule has 116 valence electrons. The molecule has 2 N–H and O–H groups in total. The van der Waals surface area contributed by atoms with Crippen molar-refractivity contribution in [2.24, 2.45) is 5.73 Å². The molecule has 1 atom stereocenters. The monoisotopic (exact) mass is 299 g/mol. The van der Waals surface area contributed by atoms with Gasteiger partial charge in [-0.05, 0) is 12.8 Å². The Morgan fingerprint density at radius 1 is 1.36 bits per heavy atom. The maximum Gasteiger partial charge on any atom is 0.223 e. The fourth-order valence-electron chi connectivity index (χ4n) is 2.93. The Labute approximate surface area is 130 Å². The van der Waals surface area contributed by atoms with Crippen molar-refractivity contribution in [3.63, 3.8) is 0 Å². The second kappa shape index (κ2) is 6.75. The predicted octanol–water partition coefficient (Wildman–Crippen LogP) is 2.22. The molecule has 1 aliphatic rings. The normalized spacial score (nSPS) is 17.9. The number of aromatic nitrogens is 1. The summed E-state index contributed by atoms with van der Waals surface area (Å²) in [7, 11) is 0. The molecule has 1 saturated heterocycles. The van der Waals surface area contributed by atoms with Crippen LogP contribution in [0.5, 0.6) is 0 Å². The number of likely N-dealkylation sites (tertiary alicyclic amines) is 1. The van der Waals surface area contributed by atoms with E-state index in [0.29, 0.717) is 25.3 Å². The second-order valence-corrected chi connectivity index (χ2v) is 5.60. The molecule has 1 fully saturated rings. The number of aryl methyl sites for hydroxylation is 1. The fourth-order valence-corrected chi connectivity index (χ4v) is 2.93. The number of nitrogens with two attached hydrogens (primary N) is 1. The van der Waals surface area contributed by atoms with Gasteiger partial charge in [-0.2, -0.15) is 0 Å². The van der Waals surface area contributed by atoms with E-state index in [1.807, 2.05) is 35.2 Å². The van der Waals surface area contributed by atoms with Gasteiger partial charge in [-0.15, -0.1) is 0 Å². The van der Waals surface area contributed by atoms with E-state index in [4.69, 9.17) is 10.2 Å². The Hall–Kier alpha value is -2.14. The number of carbonyl (C=O) groups excluding carboxylic acids is 1. The second-order valence-electron chi connectivity index (χ2n) is 5.60. The first-order valence-corrected chi connectivity index (χ1v) is 7.77. The molecule has 1 aromatic heterocycles. The molecule has 0 radical (unpaired) electrons. The first-order valence-electron chi connectivity index (χ1n) is 7.77. The van der Waals surface area contributed by atoms with Crippen molar-refractivity contribution in [3.05, 3.63) is 42.4 Å². The summed E-state index contributed by atoms with van der Waals surface area (Å²) in [5.41, 5.74) is 6.71. The van der Waals surface area contributed by atoms with Crippen LogP contribution in [0.1, 0.15) is 25.2 Å². The zero-order valence-electron chi connectivity index (χ0n) is 12.6. The van der Waals surface area contributed by atoms with Crippen molar-refractivity contribution in [2.75, 3.05) is 13.1 Å². The first kappa shape index (κ1) is 14.8. The molecular weight excluding hydrogens is 278 g/mol. The summed E-state index contributed by atoms with van der Waals surface area (Å²) >= 11 is 0. The molecule has 0 spiro atoms. The summed E-state index contributed by atoms with van der Waals surface area (Å²) in [5.74, 6) is 1.49. The summed E-state index contributed by atoms with van der Waals surface area (Å²) in [6.45, 7) is 1.37. The van der Waals surface area contributed by atoms with Crippen LogP contribution in [0, 0.1) is 0 Å². The highest BCUT2D eigenvalue weighted by atomic mass is 16.4. The van der Waals surface area contributed by atoms with Crippen molar-refractivity contribution < 1.29 is 9.21 Å². The summed E-state index contributed by atoms with van der Waals surface area (Å²) in [6.07, 6.45) is 4.72. The lowest BCUT2D eigenvalue weighted by Gasteiger charge is -2.23. The van der Waals surface area contributed by atoms with Gasteiger partial charge in [0.1, 0.15) is 0 Å². The van der Waals surface area contributed by atoms with E-state index in [-0.39, 0.29) is 11.9 Å². The molecule has 22 heavy (non-hydrogen) atoms. The summed E-state index contributed by atoms with van der Waals surface area (Å²) in [5, 5.41) is 0. The Morgan fingerprint density at radius 3 is 2.95 bits per heavy atom. The van der Waals surface area contributed by atoms with Gasteiger partial charge in [-0.3, -0.25) is 4.79 Å². The average molecular weight is 299 g/mol. The maximum atomic E-state index is 12.3. The van der Waals surface area contributed by atoms with Crippen molar-refractivity contribution >= 4 is 5.91 Å². The minimum absolute atomic E-state index is 0.146. The SMILES string of the molecule is NCC1CCCN1C(=O)CCc1ncc(-c2ccccc2)o1. The highest BCUT2D eigenvalue weighted by molar-refractivity contribution is 5.77. The third kappa shape index (κ3) is 3.20. The van der Waals surface area contributed by atoms with E-state index in [1.165, 1.54) is 0 Å². The van der Waals surface area contributed by atoms with Crippen LogP contribution in [0.25, 0.3) is 11.3 Å². The molecule has 5 heteroatoms. The molecular formula is C17H21N3O2. The Morgan fingerprint density at radius 2 is 2.18 bits per heavy atom. The number of hydrogen-bond acceptors (Lipinski definition) is 4. The van der Waals surface area contributed by atoms with Crippen LogP contribution in [0.15, 0.2) is 40.9 Å². The third-order valence-electron chi connectivity index (χ3n) is 4.13. The molecule has 0 saturated carbocycles. The molecule has 1 aromatic carbocycles. The van der Waals surface area contributed by atoms with Gasteiger partial charge in [0, 0.05) is 37.5 Å². The summed E-state index contributed by atoms with van der Waals surface area (Å²) in [6, 6.07) is 10.0. The van der Waals surface area contributed by atoms with E-state index in [1.54, 1.807) is 6.20 Å². The molecule has 0 aliphatic carbocycles. The van der Waals surface area contributed by atoms with Gasteiger partial charge in [-0.1, -0.05) is 30.3 Å². The molecule has 5 nitrogen and oxygen atoms in total. The van der Waals surface area contributed by atoms with E-state index >= 15 is 0 Å². The highest BCUT2D eigenvalue weighted by Gasteiger charge is 2.27. The van der Waals surface area contributed by atoms with Crippen LogP contribution in [0.2, 0.25) is 0 Å². The Kier molecular flexibility index (Phi) is 4.53. The topological polar surface area (TPSA) is 72.4 Å². The number of hydrogen-bond donors (Lipinski definition) is 1. The smallest absolute Gasteiger partial charge is 0.223 e. The van der Waals surface area contributed by atoms with E-state index in [0.717, 1.165) is 30.7 Å². The molecule has 3 rings (SSSR count). The van der Waals surface area contributed by atoms with Crippen molar-refractivity contribution in [1.82, 2.24) is 9.88 Å². The van der Waals surface area contributed by atoms with Gasteiger partial charge in [0.2, 0.25) is 5.91 Å². The van der Waals surface area contributed by atoms with Gasteiger partial charge in [-0.25, -0.2) is 4.98 Å². The fraction of sp³-hybridized carbons (Fsp3) is 0.412. The summed E-state index contributed by atoms with van der Waals surface area (Å²) in [4.78, 5) is 18.4. The zero-order valence-corrected chi connectivity index (χ0v) is 12.6. The lowest BCUT2D eigenvalue weighted by atomic mass is 10.2. The third-order valence-corrected chi connectivity index (χ3v) is 4.13. The maximum absolute atomic E-state index is 12.3. The highest BCUT2D eigenvalue weighted by Crippen LogP contribution is 2.21. The lowest BCUT2D eigenvalue weighted by molar-refractivity contribution is -0.131. The number of rotatable bonds is 5. The van der Waals surface area contributed by atoms with E-state index in [9.17, 15) is 4.79 Å². The van der Waals surface area contributed by atoms with Crippen LogP contribution < -0.4 is 5.73 Å². The molecule has 1 unspecified atom stereocenters. The van der Waals surface area contributed by atoms with Crippen LogP contribution in [0.3, 0.4) is 0 Å². The van der Waals surface area contributed by atoms with Gasteiger partial charge in [0.05, 0.1) is 6.20 Å². The van der Waals surface area contributed by atoms with E-state index in [2.05, 4.69) is 4.98 Å². The standard InChI is InChI=1S/C17H21N3O2/c18-11-14-7-4-10-20(14)17(21)9-8-16-19-12-15(22-16)13-5-2-1-3-6-13/h1-3,5-6,12,14H,4,7-11,18H2. The summed E-state index contributed by atoms with van der Waals surface area (Å²) < 4.78 is 5.73. The Bertz CT molecular complexity index is 624. The van der Waals surface area contributed by atoms with Gasteiger partial charge < -0.3 is 15.1 Å². The number of oxazole rings is 1. The van der Waals surface area contributed by atoms with Crippen molar-refractivity contribution in [1.29, 1.82) is 0 Å². The molecule has 2 aromatic rings. The van der Waals surface area contributed by atoms with Crippen molar-refractivity contribution in [3.8, 4) is 11.3 Å². The largest absolute Gasteiger partial charge is 0.441 e. The molecule has 1 aliphatic heterocycles. The van der Waals surface area contributed by atoms with Crippen LogP contribution >= 0.6 is 0 Å². The van der Waals surface area contributed by atoms with E-state index < -0.39 is 0 Å². The average Bonchev–Trinajstić information content (AvgIpc) is 3.22. The van der Waals surface area contributed by atoms with Crippen LogP contribution in [0.4, 0.5) is 0 Å². The van der Waals surface area contributed by atoms with Gasteiger partial charge in [0.25, 0.3) is 0 Å². The molecule has 1 amide bonds. The number of carbonyl (C=O) groups is 1.